The maximum absolute atomic E-state index is 13.6. The number of hydrogen-bond acceptors (Lipinski definition) is 23. The zero-order valence-electron chi connectivity index (χ0n) is 45.9. The second-order valence-corrected chi connectivity index (χ2v) is 23.2. The van der Waals surface area contributed by atoms with E-state index in [1.807, 2.05) is 0 Å². The monoisotopic (exact) mass is 1400 g/mol. The van der Waals surface area contributed by atoms with E-state index in [1.165, 1.54) is 0 Å². The van der Waals surface area contributed by atoms with Crippen molar-refractivity contribution in [1.29, 1.82) is 0 Å². The predicted molar refractivity (Wildman–Crippen MR) is 383 cm³/mol. The fourth-order valence-electron chi connectivity index (χ4n) is 10.2. The molecule has 26 heteroatoms. The first kappa shape index (κ1) is 125. The van der Waals surface area contributed by atoms with Gasteiger partial charge in [-0.2, -0.15) is 0 Å². The van der Waals surface area contributed by atoms with E-state index in [2.05, 4.69) is 14.4 Å². The van der Waals surface area contributed by atoms with Gasteiger partial charge in [-0.05, 0) is 57.8 Å². The first-order chi connectivity index (χ1) is 37.0. The molecule has 0 saturated heterocycles. The minimum Gasteiger partial charge on any atom is -0.396 e. The van der Waals surface area contributed by atoms with Crippen molar-refractivity contribution in [2.75, 3.05) is 93.1 Å². The van der Waals surface area contributed by atoms with Crippen molar-refractivity contribution in [1.82, 2.24) is 5.32 Å². The first-order valence-electron chi connectivity index (χ1n) is 27.4. The van der Waals surface area contributed by atoms with Crippen LogP contribution in [-0.2, 0) is 66.0 Å². The van der Waals surface area contributed by atoms with Crippen LogP contribution in [0.25, 0.3) is 0 Å². The van der Waals surface area contributed by atoms with Crippen LogP contribution in [0, 0.1) is 40.9 Å². The number of unbranched alkanes of at least 4 members (excludes halogenated alkanes) is 3. The number of phosphoric acid groups is 1. The molecule has 0 aromatic carbocycles. The lowest BCUT2D eigenvalue weighted by Crippen LogP contribution is -2.50. The summed E-state index contributed by atoms with van der Waals surface area (Å²) in [7, 11) is -3.54. The highest BCUT2D eigenvalue weighted by Crippen LogP contribution is 2.41. The summed E-state index contributed by atoms with van der Waals surface area (Å²) in [5.74, 6) is -5.24. The largest absolute Gasteiger partial charge is 0.473 e. The average molecular weight is 1400 g/mol. The zero-order chi connectivity index (χ0) is 58.0. The molecule has 94 heavy (non-hydrogen) atoms. The van der Waals surface area contributed by atoms with E-state index in [4.69, 9.17) is 28.4 Å². The Morgan fingerprint density at radius 3 is 0.979 bits per heavy atom. The molecule has 1 amide bonds. The standard InChI is InChI=1S/C52H92NO24P.16CH4/c1-32-42(17-35(22-54)49(65)46(32)62)74-14-8-5-11-38(57)25-71-28-52(21-41(60)20-45(61)53-31-77-78(68,69)70-4,29-72-26-39(58)12-6-9-15-75-43-18-36(23-55)50(66)47(63)33(43)2)30-73-27-40(59)13-7-10-16-76-44-19-37(24-56)51(67)48(64)34(44)3;;;;;;;;;;;;;;;;/h32-37,42-44,46-51,54-56,62-67H,5-31H2,1-4H3,(H,53,61)(H,68,69);16*1H4/t32?,33?,34?,35?,36?,37?,42-,43-,44-,46-,47-,48-,49+,50+,51+,52?;;;;;;;;;;;;;;;;/m1................/s1. The smallest absolute Gasteiger partial charge is 0.396 e. The van der Waals surface area contributed by atoms with Crippen LogP contribution in [0.2, 0.25) is 0 Å². The van der Waals surface area contributed by atoms with Gasteiger partial charge >= 0.3 is 7.82 Å². The fourth-order valence-corrected chi connectivity index (χ4v) is 10.5. The highest BCUT2D eigenvalue weighted by Gasteiger charge is 2.44. The normalized spacial score (nSPS) is 25.7. The minimum absolute atomic E-state index is 0. The Hall–Kier alpha value is -2.34. The van der Waals surface area contributed by atoms with Crippen LogP contribution >= 0.6 is 7.82 Å². The highest BCUT2D eigenvalue weighted by molar-refractivity contribution is 7.47. The Kier molecular flexibility index (Phi) is 86.8. The van der Waals surface area contributed by atoms with E-state index in [0.29, 0.717) is 57.8 Å². The summed E-state index contributed by atoms with van der Waals surface area (Å²) in [5, 5.41) is 93.0. The number of nitrogens with one attached hydrogen (secondary N) is 1. The lowest BCUT2D eigenvalue weighted by Gasteiger charge is -2.40. The zero-order valence-corrected chi connectivity index (χ0v) is 46.8. The van der Waals surface area contributed by atoms with Crippen LogP contribution in [-0.4, -0.2) is 228 Å². The summed E-state index contributed by atoms with van der Waals surface area (Å²) in [6.07, 6.45) is -4.91. The molecule has 0 radical (unpaired) electrons. The second kappa shape index (κ2) is 65.3. The van der Waals surface area contributed by atoms with Crippen molar-refractivity contribution in [3.05, 3.63) is 0 Å². The van der Waals surface area contributed by atoms with Gasteiger partial charge in [0, 0.05) is 113 Å². The number of hydrogen-bond donors (Lipinski definition) is 11. The molecule has 3 fully saturated rings. The van der Waals surface area contributed by atoms with Crippen molar-refractivity contribution < 1.29 is 117 Å². The predicted octanol–water partition coefficient (Wildman–Crippen LogP) is 9.87. The van der Waals surface area contributed by atoms with Crippen molar-refractivity contribution in [3.63, 3.8) is 0 Å². The van der Waals surface area contributed by atoms with E-state index in [0.717, 1.165) is 7.11 Å². The number of phosphoric ester groups is 1. The van der Waals surface area contributed by atoms with Crippen molar-refractivity contribution in [3.8, 4) is 0 Å². The van der Waals surface area contributed by atoms with Crippen LogP contribution in [0.1, 0.15) is 229 Å². The molecule has 0 bridgehead atoms. The lowest BCUT2D eigenvalue weighted by atomic mass is 9.77. The van der Waals surface area contributed by atoms with Crippen LogP contribution in [0.4, 0.5) is 0 Å². The number of rotatable bonds is 41. The third-order valence-electron chi connectivity index (χ3n) is 15.4. The number of amides is 1. The number of ketones is 4. The Labute approximate surface area is 575 Å². The van der Waals surface area contributed by atoms with E-state index in [-0.39, 0.29) is 233 Å². The molecule has 16 atom stereocenters. The first-order valence-corrected chi connectivity index (χ1v) is 28.9. The molecular formula is C68H156NO24P. The summed E-state index contributed by atoms with van der Waals surface area (Å²) >= 11 is 0. The maximum atomic E-state index is 13.6. The van der Waals surface area contributed by atoms with E-state index < -0.39 is 137 Å². The van der Waals surface area contributed by atoms with Gasteiger partial charge in [-0.1, -0.05) is 140 Å². The molecule has 3 aliphatic rings. The topological polar surface area (TPSA) is 391 Å². The van der Waals surface area contributed by atoms with Gasteiger partial charge in [0.2, 0.25) is 5.91 Å². The Morgan fingerprint density at radius 1 is 0.447 bits per heavy atom. The Bertz CT molecular complexity index is 1680. The summed E-state index contributed by atoms with van der Waals surface area (Å²) < 4.78 is 56.3. The van der Waals surface area contributed by atoms with Gasteiger partial charge in [-0.15, -0.1) is 0 Å². The SMILES string of the molecule is C.C.C.C.C.C.C.C.C.C.C.C.C.C.C.C.COP(=O)(O)OCNC(=O)CC(=O)CC(COCC(=O)CCCCO[C@@H]1CC(CO)[C@H](O)[C@H](O)C1C)(COCC(=O)CCCCO[C@@H]1CC(CO)[C@H](O)[C@H](O)C1C)COCC(=O)CCCCO[C@@H]1CC(CO)[C@H](O)[C@H](O)C1C. The molecule has 0 aromatic heterocycles. The van der Waals surface area contributed by atoms with E-state index >= 15 is 0 Å². The van der Waals surface area contributed by atoms with E-state index in [9.17, 15) is 79.4 Å². The number of ether oxygens (including phenoxy) is 6. The van der Waals surface area contributed by atoms with Gasteiger partial charge in [0.25, 0.3) is 0 Å². The molecule has 0 heterocycles. The molecule has 0 spiro atoms. The number of aliphatic hydroxyl groups is 9. The van der Waals surface area contributed by atoms with Crippen molar-refractivity contribution in [2.45, 2.75) is 284 Å². The molecule has 25 nitrogen and oxygen atoms in total. The summed E-state index contributed by atoms with van der Waals surface area (Å²) in [6.45, 7) is 1.94. The number of Topliss-reactive ketones (excluding diaryl/α,β-unsaturated/α-hetero) is 4. The quantitative estimate of drug-likeness (QED) is 0.0117. The minimum atomic E-state index is -4.46. The van der Waals surface area contributed by atoms with Gasteiger partial charge < -0.3 is 84.6 Å². The molecule has 582 valence electrons. The van der Waals surface area contributed by atoms with Gasteiger partial charge in [-0.25, -0.2) is 4.57 Å². The highest BCUT2D eigenvalue weighted by atomic mass is 31.2. The van der Waals surface area contributed by atoms with Crippen LogP contribution in [0.3, 0.4) is 0 Å². The Balaban J connectivity index is -0.000000333. The van der Waals surface area contributed by atoms with Gasteiger partial charge in [-0.3, -0.25) is 33.0 Å². The number of aliphatic hydroxyl groups excluding tert-OH is 9. The van der Waals surface area contributed by atoms with Crippen LogP contribution in [0.15, 0.2) is 0 Å². The molecular weight excluding hydrogens is 1250 g/mol. The van der Waals surface area contributed by atoms with Crippen LogP contribution in [0.5, 0.6) is 0 Å². The number of carbonyl (C=O) groups is 5. The average Bonchev–Trinajstić information content (AvgIpc) is 1.13. The summed E-state index contributed by atoms with van der Waals surface area (Å²) in [5.41, 5.74) is -1.48. The Morgan fingerprint density at radius 2 is 0.723 bits per heavy atom. The fraction of sp³-hybridized carbons (Fsp3) is 0.926. The van der Waals surface area contributed by atoms with Gasteiger partial charge in [0.15, 0.2) is 17.3 Å². The van der Waals surface area contributed by atoms with Gasteiger partial charge in [0.1, 0.15) is 32.3 Å². The molecule has 3 aliphatic carbocycles. The van der Waals surface area contributed by atoms with Crippen molar-refractivity contribution >= 4 is 36.9 Å². The lowest BCUT2D eigenvalue weighted by molar-refractivity contribution is -0.144. The third-order valence-corrected chi connectivity index (χ3v) is 16.3. The molecule has 3 rings (SSSR count). The third kappa shape index (κ3) is 43.2. The maximum Gasteiger partial charge on any atom is 0.473 e. The molecule has 0 aromatic rings. The van der Waals surface area contributed by atoms with E-state index in [1.54, 1.807) is 20.8 Å². The summed E-state index contributed by atoms with van der Waals surface area (Å²) in [4.78, 5) is 75.3. The number of carbonyl (C=O) groups excluding carboxylic acids is 5. The van der Waals surface area contributed by atoms with Crippen LogP contribution < -0.4 is 5.32 Å². The second-order valence-electron chi connectivity index (χ2n) is 21.7. The summed E-state index contributed by atoms with van der Waals surface area (Å²) in [6, 6.07) is 0. The van der Waals surface area contributed by atoms with Crippen molar-refractivity contribution in [2.24, 2.45) is 40.9 Å². The molecule has 7 unspecified atom stereocenters. The molecule has 3 saturated carbocycles. The molecule has 0 aliphatic heterocycles. The molecule has 11 N–H and O–H groups in total. The van der Waals surface area contributed by atoms with Gasteiger partial charge in [0.05, 0.1) is 81.2 Å².